The van der Waals surface area contributed by atoms with Crippen molar-refractivity contribution >= 4 is 63.7 Å². The normalized spacial score (nSPS) is 12.2. The van der Waals surface area contributed by atoms with Gasteiger partial charge in [0.15, 0.2) is 5.11 Å². The Labute approximate surface area is 171 Å². The second-order valence-corrected chi connectivity index (χ2v) is 8.09. The molecule has 0 saturated carbocycles. The minimum absolute atomic E-state index is 0.105. The van der Waals surface area contributed by atoms with Crippen LogP contribution in [0.25, 0.3) is 0 Å². The van der Waals surface area contributed by atoms with Gasteiger partial charge in [0.2, 0.25) is 9.70 Å². The SMILES string of the molecule is O=C(Cc1ccccc1)NC(NC(=S)Nc1ccc(F)cc1)C(Cl)(Cl)Cl. The van der Waals surface area contributed by atoms with Crippen molar-refractivity contribution in [3.05, 3.63) is 66.0 Å². The molecule has 9 heteroatoms. The Morgan fingerprint density at radius 1 is 1.04 bits per heavy atom. The molecule has 2 aromatic carbocycles. The van der Waals surface area contributed by atoms with Crippen LogP contribution >= 0.6 is 47.0 Å². The molecule has 0 radical (unpaired) electrons. The highest BCUT2D eigenvalue weighted by Gasteiger charge is 2.34. The van der Waals surface area contributed by atoms with E-state index in [1.807, 2.05) is 30.3 Å². The summed E-state index contributed by atoms with van der Waals surface area (Å²) < 4.78 is 11.1. The molecule has 1 atom stereocenters. The first-order chi connectivity index (χ1) is 12.2. The molecule has 0 aromatic heterocycles. The molecule has 0 aliphatic heterocycles. The van der Waals surface area contributed by atoms with Crippen molar-refractivity contribution in [2.45, 2.75) is 16.4 Å². The number of nitrogens with one attached hydrogen (secondary N) is 3. The van der Waals surface area contributed by atoms with Gasteiger partial charge in [0.25, 0.3) is 0 Å². The van der Waals surface area contributed by atoms with Gasteiger partial charge in [0.05, 0.1) is 6.42 Å². The molecule has 0 heterocycles. The van der Waals surface area contributed by atoms with E-state index in [1.165, 1.54) is 24.3 Å². The minimum Gasteiger partial charge on any atom is -0.339 e. The molecule has 1 amide bonds. The summed E-state index contributed by atoms with van der Waals surface area (Å²) >= 11 is 22.9. The van der Waals surface area contributed by atoms with Gasteiger partial charge in [-0.15, -0.1) is 0 Å². The average molecular weight is 435 g/mol. The van der Waals surface area contributed by atoms with Crippen molar-refractivity contribution in [2.24, 2.45) is 0 Å². The third-order valence-corrected chi connectivity index (χ3v) is 4.09. The van der Waals surface area contributed by atoms with Crippen molar-refractivity contribution in [1.29, 1.82) is 0 Å². The Kier molecular flexibility index (Phi) is 7.46. The summed E-state index contributed by atoms with van der Waals surface area (Å²) in [6, 6.07) is 14.7. The zero-order chi connectivity index (χ0) is 19.2. The van der Waals surface area contributed by atoms with Crippen LogP contribution in [-0.2, 0) is 11.2 Å². The average Bonchev–Trinajstić information content (AvgIpc) is 2.56. The molecular weight excluding hydrogens is 420 g/mol. The molecule has 0 aliphatic rings. The largest absolute Gasteiger partial charge is 0.339 e. The van der Waals surface area contributed by atoms with Gasteiger partial charge in [-0.05, 0) is 42.0 Å². The number of carbonyl (C=O) groups is 1. The number of hydrogen-bond donors (Lipinski definition) is 3. The van der Waals surface area contributed by atoms with Gasteiger partial charge in [-0.1, -0.05) is 65.1 Å². The summed E-state index contributed by atoms with van der Waals surface area (Å²) in [6.07, 6.45) is -0.943. The van der Waals surface area contributed by atoms with Crippen LogP contribution in [0.4, 0.5) is 10.1 Å². The molecule has 138 valence electrons. The fourth-order valence-corrected chi connectivity index (χ4v) is 2.59. The van der Waals surface area contributed by atoms with Gasteiger partial charge in [-0.2, -0.15) is 0 Å². The predicted octanol–water partition coefficient (Wildman–Crippen LogP) is 4.17. The quantitative estimate of drug-likeness (QED) is 0.376. The number of anilines is 1. The van der Waals surface area contributed by atoms with Gasteiger partial charge in [-0.3, -0.25) is 4.79 Å². The number of thiocarbonyl (C=S) groups is 1. The fourth-order valence-electron chi connectivity index (χ4n) is 2.02. The summed E-state index contributed by atoms with van der Waals surface area (Å²) in [5.41, 5.74) is 1.36. The van der Waals surface area contributed by atoms with Crippen LogP contribution in [0.5, 0.6) is 0 Å². The van der Waals surface area contributed by atoms with Crippen LogP contribution in [0.2, 0.25) is 0 Å². The van der Waals surface area contributed by atoms with Gasteiger partial charge in [-0.25, -0.2) is 4.39 Å². The standard InChI is InChI=1S/C17H15Cl3FN3OS/c18-17(19,20)15(23-14(25)10-11-4-2-1-3-5-11)24-16(26)22-13-8-6-12(21)7-9-13/h1-9,15H,10H2,(H,23,25)(H2,22,24,26). The molecule has 4 nitrogen and oxygen atoms in total. The first kappa shape index (κ1) is 20.7. The summed E-state index contributed by atoms with van der Waals surface area (Å²) in [5.74, 6) is -0.716. The monoisotopic (exact) mass is 433 g/mol. The van der Waals surface area contributed by atoms with Gasteiger partial charge in [0, 0.05) is 5.69 Å². The number of rotatable bonds is 5. The van der Waals surface area contributed by atoms with E-state index in [1.54, 1.807) is 0 Å². The Hall–Kier alpha value is -1.60. The topological polar surface area (TPSA) is 53.2 Å². The highest BCUT2D eigenvalue weighted by Crippen LogP contribution is 2.29. The highest BCUT2D eigenvalue weighted by molar-refractivity contribution is 7.80. The van der Waals surface area contributed by atoms with Crippen molar-refractivity contribution in [2.75, 3.05) is 5.32 Å². The van der Waals surface area contributed by atoms with Crippen molar-refractivity contribution in [3.63, 3.8) is 0 Å². The van der Waals surface area contributed by atoms with Crippen molar-refractivity contribution < 1.29 is 9.18 Å². The maximum absolute atomic E-state index is 12.9. The molecular formula is C17H15Cl3FN3OS. The number of hydrogen-bond acceptors (Lipinski definition) is 2. The summed E-state index contributed by atoms with van der Waals surface area (Å²) in [6.45, 7) is 0. The summed E-state index contributed by atoms with van der Waals surface area (Å²) in [5, 5.41) is 8.26. The molecule has 3 N–H and O–H groups in total. The van der Waals surface area contributed by atoms with E-state index in [0.29, 0.717) is 5.69 Å². The molecule has 0 fully saturated rings. The fraction of sp³-hybridized carbons (Fsp3) is 0.176. The number of carbonyl (C=O) groups excluding carboxylic acids is 1. The Bertz CT molecular complexity index is 754. The minimum atomic E-state index is -1.85. The molecule has 1 unspecified atom stereocenters. The van der Waals surface area contributed by atoms with E-state index >= 15 is 0 Å². The summed E-state index contributed by atoms with van der Waals surface area (Å²) in [4.78, 5) is 12.2. The maximum Gasteiger partial charge on any atom is 0.228 e. The highest BCUT2D eigenvalue weighted by atomic mass is 35.6. The molecule has 0 spiro atoms. The molecule has 26 heavy (non-hydrogen) atoms. The summed E-state index contributed by atoms with van der Waals surface area (Å²) in [7, 11) is 0. The first-order valence-corrected chi connectivity index (χ1v) is 9.01. The van der Waals surface area contributed by atoms with Gasteiger partial charge < -0.3 is 16.0 Å². The molecule has 0 bridgehead atoms. The third kappa shape index (κ3) is 6.96. The predicted molar refractivity (Wildman–Crippen MR) is 108 cm³/mol. The number of halogens is 4. The molecule has 2 aromatic rings. The molecule has 0 aliphatic carbocycles. The van der Waals surface area contributed by atoms with Gasteiger partial charge >= 0.3 is 0 Å². The van der Waals surface area contributed by atoms with Crippen LogP contribution in [0.1, 0.15) is 5.56 Å². The van der Waals surface area contributed by atoms with Crippen LogP contribution in [0, 0.1) is 5.82 Å². The van der Waals surface area contributed by atoms with Gasteiger partial charge in [0.1, 0.15) is 12.0 Å². The van der Waals surface area contributed by atoms with Crippen LogP contribution in [0.15, 0.2) is 54.6 Å². The lowest BCUT2D eigenvalue weighted by Crippen LogP contribution is -2.56. The Morgan fingerprint density at radius 2 is 1.65 bits per heavy atom. The number of alkyl halides is 3. The Balaban J connectivity index is 1.97. The first-order valence-electron chi connectivity index (χ1n) is 7.47. The van der Waals surface area contributed by atoms with E-state index in [0.717, 1.165) is 5.56 Å². The van der Waals surface area contributed by atoms with E-state index in [4.69, 9.17) is 47.0 Å². The second-order valence-electron chi connectivity index (χ2n) is 5.31. The van der Waals surface area contributed by atoms with E-state index < -0.39 is 9.96 Å². The third-order valence-electron chi connectivity index (χ3n) is 3.22. The number of benzene rings is 2. The van der Waals surface area contributed by atoms with Crippen LogP contribution in [-0.4, -0.2) is 21.0 Å². The van der Waals surface area contributed by atoms with E-state index in [9.17, 15) is 9.18 Å². The van der Waals surface area contributed by atoms with Crippen LogP contribution in [0.3, 0.4) is 0 Å². The lowest BCUT2D eigenvalue weighted by molar-refractivity contribution is -0.121. The lowest BCUT2D eigenvalue weighted by atomic mass is 10.1. The van der Waals surface area contributed by atoms with Crippen molar-refractivity contribution in [3.8, 4) is 0 Å². The maximum atomic E-state index is 12.9. The molecule has 0 saturated heterocycles. The zero-order valence-electron chi connectivity index (χ0n) is 13.3. The molecule has 2 rings (SSSR count). The van der Waals surface area contributed by atoms with Crippen molar-refractivity contribution in [1.82, 2.24) is 10.6 Å². The lowest BCUT2D eigenvalue weighted by Gasteiger charge is -2.27. The van der Waals surface area contributed by atoms with Crippen LogP contribution < -0.4 is 16.0 Å². The zero-order valence-corrected chi connectivity index (χ0v) is 16.4. The van der Waals surface area contributed by atoms with E-state index in [2.05, 4.69) is 16.0 Å². The Morgan fingerprint density at radius 3 is 2.23 bits per heavy atom. The number of amides is 1. The smallest absolute Gasteiger partial charge is 0.228 e. The van der Waals surface area contributed by atoms with E-state index in [-0.39, 0.29) is 23.3 Å². The second kappa shape index (κ2) is 9.37.